The van der Waals surface area contributed by atoms with Gasteiger partial charge in [0, 0.05) is 31.6 Å². The molecule has 0 aliphatic carbocycles. The lowest BCUT2D eigenvalue weighted by Gasteiger charge is -2.28. The number of rotatable bonds is 9. The lowest BCUT2D eigenvalue weighted by molar-refractivity contribution is -0.143. The number of carbonyl (C=O) groups excluding carboxylic acids is 2. The normalized spacial score (nSPS) is 15.6. The Morgan fingerprint density at radius 3 is 2.53 bits per heavy atom. The third-order valence-electron chi connectivity index (χ3n) is 5.45. The number of carbonyl (C=O) groups is 2. The summed E-state index contributed by atoms with van der Waals surface area (Å²) in [7, 11) is 3.20. The second-order valence-corrected chi connectivity index (χ2v) is 8.05. The van der Waals surface area contributed by atoms with Crippen molar-refractivity contribution < 1.29 is 19.1 Å². The van der Waals surface area contributed by atoms with Gasteiger partial charge in [-0.3, -0.25) is 9.59 Å². The Balaban J connectivity index is 1.89. The Morgan fingerprint density at radius 1 is 1.12 bits per heavy atom. The maximum absolute atomic E-state index is 13.4. The molecule has 7 nitrogen and oxygen atoms in total. The van der Waals surface area contributed by atoms with Gasteiger partial charge in [-0.1, -0.05) is 56.3 Å². The first-order valence-electron chi connectivity index (χ1n) is 10.8. The highest BCUT2D eigenvalue weighted by Gasteiger charge is 2.34. The molecule has 0 saturated carbocycles. The largest absolute Gasteiger partial charge is 0.497 e. The Bertz CT molecular complexity index is 959. The van der Waals surface area contributed by atoms with E-state index >= 15 is 0 Å². The van der Waals surface area contributed by atoms with Gasteiger partial charge in [0.2, 0.25) is 5.91 Å². The summed E-state index contributed by atoms with van der Waals surface area (Å²) < 4.78 is 10.5. The third-order valence-corrected chi connectivity index (χ3v) is 5.45. The zero-order chi connectivity index (χ0) is 23.1. The van der Waals surface area contributed by atoms with E-state index in [0.29, 0.717) is 19.6 Å². The minimum atomic E-state index is -0.233. The van der Waals surface area contributed by atoms with E-state index < -0.39 is 0 Å². The van der Waals surface area contributed by atoms with Crippen molar-refractivity contribution in [2.24, 2.45) is 11.0 Å². The van der Waals surface area contributed by atoms with E-state index in [0.717, 1.165) is 22.6 Å². The number of nitrogens with zero attached hydrogens (tertiary/aromatic N) is 3. The molecule has 2 aromatic rings. The molecule has 2 amide bonds. The SMILES string of the molecule is COCCN(CC(=O)N1N=C(c2cccc(OC)c2)C[C@H]1c1ccccc1)C(=O)C(C)C. The van der Waals surface area contributed by atoms with Gasteiger partial charge in [0.25, 0.3) is 5.91 Å². The molecule has 170 valence electrons. The van der Waals surface area contributed by atoms with E-state index in [1.165, 1.54) is 5.01 Å². The predicted molar refractivity (Wildman–Crippen MR) is 123 cm³/mol. The van der Waals surface area contributed by atoms with Crippen LogP contribution in [0.1, 0.15) is 37.4 Å². The molecule has 3 rings (SSSR count). The number of hydrogen-bond donors (Lipinski definition) is 0. The van der Waals surface area contributed by atoms with Crippen LogP contribution in [0, 0.1) is 5.92 Å². The average molecular weight is 438 g/mol. The summed E-state index contributed by atoms with van der Waals surface area (Å²) in [6.07, 6.45) is 0.582. The molecule has 0 unspecified atom stereocenters. The highest BCUT2D eigenvalue weighted by atomic mass is 16.5. The van der Waals surface area contributed by atoms with Gasteiger partial charge in [-0.05, 0) is 17.7 Å². The lowest BCUT2D eigenvalue weighted by Crippen LogP contribution is -2.44. The fraction of sp³-hybridized carbons (Fsp3) is 0.400. The van der Waals surface area contributed by atoms with Crippen LogP contribution in [0.3, 0.4) is 0 Å². The van der Waals surface area contributed by atoms with E-state index in [9.17, 15) is 9.59 Å². The molecule has 1 aliphatic rings. The van der Waals surface area contributed by atoms with Crippen LogP contribution in [0.15, 0.2) is 59.7 Å². The molecule has 2 aromatic carbocycles. The quantitative estimate of drug-likeness (QED) is 0.602. The van der Waals surface area contributed by atoms with Crippen LogP contribution < -0.4 is 4.74 Å². The molecular weight excluding hydrogens is 406 g/mol. The lowest BCUT2D eigenvalue weighted by atomic mass is 9.98. The van der Waals surface area contributed by atoms with Crippen molar-refractivity contribution in [1.29, 1.82) is 0 Å². The van der Waals surface area contributed by atoms with Gasteiger partial charge in [-0.25, -0.2) is 5.01 Å². The van der Waals surface area contributed by atoms with Crippen LogP contribution in [-0.4, -0.2) is 61.4 Å². The van der Waals surface area contributed by atoms with Crippen LogP contribution in [0.4, 0.5) is 0 Å². The molecule has 32 heavy (non-hydrogen) atoms. The summed E-state index contributed by atoms with van der Waals surface area (Å²) in [5.41, 5.74) is 2.72. The first kappa shape index (κ1) is 23.5. The van der Waals surface area contributed by atoms with Gasteiger partial charge in [0.05, 0.1) is 25.5 Å². The molecular formula is C25H31N3O4. The monoisotopic (exact) mass is 437 g/mol. The third kappa shape index (κ3) is 5.53. The van der Waals surface area contributed by atoms with Crippen molar-refractivity contribution in [3.8, 4) is 5.75 Å². The highest BCUT2D eigenvalue weighted by Crippen LogP contribution is 2.33. The first-order chi connectivity index (χ1) is 15.4. The second kappa shape index (κ2) is 10.9. The predicted octanol–water partition coefficient (Wildman–Crippen LogP) is 3.50. The Morgan fingerprint density at radius 2 is 1.88 bits per heavy atom. The topological polar surface area (TPSA) is 71.4 Å². The van der Waals surface area contributed by atoms with E-state index in [1.54, 1.807) is 19.1 Å². The minimum absolute atomic E-state index is 0.0431. The van der Waals surface area contributed by atoms with Crippen LogP contribution in [0.25, 0.3) is 0 Å². The van der Waals surface area contributed by atoms with Gasteiger partial charge in [0.15, 0.2) is 0 Å². The summed E-state index contributed by atoms with van der Waals surface area (Å²) in [6, 6.07) is 17.3. The van der Waals surface area contributed by atoms with Crippen LogP contribution in [0.5, 0.6) is 5.75 Å². The van der Waals surface area contributed by atoms with Crippen molar-refractivity contribution in [3.05, 3.63) is 65.7 Å². The number of amides is 2. The molecule has 0 aromatic heterocycles. The van der Waals surface area contributed by atoms with E-state index in [-0.39, 0.29) is 30.3 Å². The number of hydrogen-bond acceptors (Lipinski definition) is 5. The second-order valence-electron chi connectivity index (χ2n) is 8.05. The van der Waals surface area contributed by atoms with Crippen LogP contribution >= 0.6 is 0 Å². The number of ether oxygens (including phenoxy) is 2. The van der Waals surface area contributed by atoms with Crippen molar-refractivity contribution in [1.82, 2.24) is 9.91 Å². The molecule has 7 heteroatoms. The van der Waals surface area contributed by atoms with E-state index in [1.807, 2.05) is 68.4 Å². The maximum Gasteiger partial charge on any atom is 0.262 e. The fourth-order valence-electron chi connectivity index (χ4n) is 3.72. The Hall–Kier alpha value is -3.19. The Labute approximate surface area is 189 Å². The molecule has 0 fully saturated rings. The summed E-state index contributed by atoms with van der Waals surface area (Å²) >= 11 is 0. The standard InChI is InChI=1S/C25H31N3O4/c1-18(2)25(30)27(13-14-31-3)17-24(29)28-23(19-9-6-5-7-10-19)16-22(26-28)20-11-8-12-21(15-20)32-4/h5-12,15,18,23H,13-14,16-17H2,1-4H3/t23-/m0/s1. The summed E-state index contributed by atoms with van der Waals surface area (Å²) in [5, 5.41) is 6.23. The van der Waals surface area contributed by atoms with E-state index in [2.05, 4.69) is 0 Å². The fourth-order valence-corrected chi connectivity index (χ4v) is 3.72. The molecule has 0 saturated heterocycles. The summed E-state index contributed by atoms with van der Waals surface area (Å²) in [6.45, 7) is 4.34. The molecule has 1 aliphatic heterocycles. The average Bonchev–Trinajstić information content (AvgIpc) is 3.27. The zero-order valence-corrected chi connectivity index (χ0v) is 19.2. The van der Waals surface area contributed by atoms with Crippen molar-refractivity contribution >= 4 is 17.5 Å². The van der Waals surface area contributed by atoms with Crippen LogP contribution in [0.2, 0.25) is 0 Å². The summed E-state index contributed by atoms with van der Waals surface area (Å²) in [4.78, 5) is 27.6. The smallest absolute Gasteiger partial charge is 0.262 e. The number of hydrazone groups is 1. The van der Waals surface area contributed by atoms with Crippen LogP contribution in [-0.2, 0) is 14.3 Å². The molecule has 0 spiro atoms. The molecule has 0 radical (unpaired) electrons. The number of methoxy groups -OCH3 is 2. The van der Waals surface area contributed by atoms with Crippen molar-refractivity contribution in [2.45, 2.75) is 26.3 Å². The van der Waals surface area contributed by atoms with Gasteiger partial charge in [-0.2, -0.15) is 5.10 Å². The number of benzene rings is 2. The van der Waals surface area contributed by atoms with Gasteiger partial charge < -0.3 is 14.4 Å². The first-order valence-corrected chi connectivity index (χ1v) is 10.8. The highest BCUT2D eigenvalue weighted by molar-refractivity contribution is 6.03. The van der Waals surface area contributed by atoms with Crippen molar-refractivity contribution in [2.75, 3.05) is 33.9 Å². The molecule has 0 bridgehead atoms. The van der Waals surface area contributed by atoms with Gasteiger partial charge in [0.1, 0.15) is 12.3 Å². The zero-order valence-electron chi connectivity index (χ0n) is 19.2. The van der Waals surface area contributed by atoms with Gasteiger partial charge in [-0.15, -0.1) is 0 Å². The van der Waals surface area contributed by atoms with Gasteiger partial charge >= 0.3 is 0 Å². The van der Waals surface area contributed by atoms with Crippen molar-refractivity contribution in [3.63, 3.8) is 0 Å². The summed E-state index contributed by atoms with van der Waals surface area (Å²) in [5.74, 6) is 0.225. The maximum atomic E-state index is 13.4. The van der Waals surface area contributed by atoms with E-state index in [4.69, 9.17) is 14.6 Å². The molecule has 1 heterocycles. The molecule has 0 N–H and O–H groups in total. The Kier molecular flexibility index (Phi) is 8.00. The minimum Gasteiger partial charge on any atom is -0.497 e. The molecule has 1 atom stereocenters.